The minimum atomic E-state index is -0.568. The second-order valence-corrected chi connectivity index (χ2v) is 7.96. The molecule has 2 rings (SSSR count). The molecule has 1 aliphatic carbocycles. The molecule has 0 bridgehead atoms. The molecule has 1 atom stereocenters. The lowest BCUT2D eigenvalue weighted by molar-refractivity contribution is 0.0526. The van der Waals surface area contributed by atoms with Crippen molar-refractivity contribution in [2.45, 2.75) is 47.0 Å². The Hall–Kier alpha value is -1.56. The molecular formula is C17H25NO4S. The Kier molecular flexibility index (Phi) is 5.34. The number of anilines is 1. The van der Waals surface area contributed by atoms with E-state index in [0.717, 1.165) is 24.8 Å². The highest BCUT2D eigenvalue weighted by atomic mass is 32.1. The van der Waals surface area contributed by atoms with Crippen LogP contribution in [0.25, 0.3) is 0 Å². The van der Waals surface area contributed by atoms with Gasteiger partial charge in [0.2, 0.25) is 0 Å². The molecule has 0 radical (unpaired) electrons. The van der Waals surface area contributed by atoms with Gasteiger partial charge < -0.3 is 9.47 Å². The van der Waals surface area contributed by atoms with Crippen LogP contribution in [0.2, 0.25) is 0 Å². The molecule has 0 spiro atoms. The normalized spacial score (nSPS) is 17.3. The number of nitrogens with one attached hydrogen (secondary N) is 1. The molecular weight excluding hydrogens is 314 g/mol. The summed E-state index contributed by atoms with van der Waals surface area (Å²) < 4.78 is 9.84. The van der Waals surface area contributed by atoms with Crippen molar-refractivity contribution in [1.29, 1.82) is 0 Å². The van der Waals surface area contributed by atoms with Crippen molar-refractivity contribution >= 4 is 28.4 Å². The van der Waals surface area contributed by atoms with E-state index in [1.54, 1.807) is 6.92 Å². The Balaban J connectivity index is 2.38. The van der Waals surface area contributed by atoms with Crippen LogP contribution in [0.15, 0.2) is 0 Å². The minimum Gasteiger partial charge on any atom is -0.462 e. The molecule has 128 valence electrons. The summed E-state index contributed by atoms with van der Waals surface area (Å²) in [4.78, 5) is 25.1. The van der Waals surface area contributed by atoms with Crippen molar-refractivity contribution in [2.75, 3.05) is 19.0 Å². The first-order valence-corrected chi connectivity index (χ1v) is 8.76. The first kappa shape index (κ1) is 17.8. The number of rotatable bonds is 3. The fraction of sp³-hybridized carbons (Fsp3) is 0.647. The van der Waals surface area contributed by atoms with E-state index in [2.05, 4.69) is 30.8 Å². The summed E-state index contributed by atoms with van der Waals surface area (Å²) in [6.45, 7) is 8.83. The largest absolute Gasteiger partial charge is 0.462 e. The molecule has 1 aliphatic rings. The number of carbonyl (C=O) groups is 2. The van der Waals surface area contributed by atoms with Crippen LogP contribution in [0.3, 0.4) is 0 Å². The number of methoxy groups -OCH3 is 1. The monoisotopic (exact) mass is 339 g/mol. The van der Waals surface area contributed by atoms with Crippen molar-refractivity contribution in [3.05, 3.63) is 16.0 Å². The first-order chi connectivity index (χ1) is 10.8. The maximum atomic E-state index is 12.3. The zero-order valence-electron chi connectivity index (χ0n) is 14.4. The highest BCUT2D eigenvalue weighted by Crippen LogP contribution is 2.44. The summed E-state index contributed by atoms with van der Waals surface area (Å²) in [6, 6.07) is 0. The number of carbonyl (C=O) groups excluding carboxylic acids is 2. The fourth-order valence-corrected chi connectivity index (χ4v) is 4.28. The van der Waals surface area contributed by atoms with Crippen LogP contribution in [-0.4, -0.2) is 25.8 Å². The van der Waals surface area contributed by atoms with Gasteiger partial charge in [-0.25, -0.2) is 9.59 Å². The standard InChI is InChI=1S/C17H25NO4S/c1-6-22-15(19)13-11-8-7-10(17(2,3)4)9-12(11)23-14(13)18-16(20)21-5/h10H,6-9H2,1-5H3,(H,18,20)/t10-/m1/s1. The van der Waals surface area contributed by atoms with Crippen molar-refractivity contribution in [1.82, 2.24) is 0 Å². The van der Waals surface area contributed by atoms with Crippen LogP contribution in [0, 0.1) is 11.3 Å². The van der Waals surface area contributed by atoms with E-state index >= 15 is 0 Å². The van der Waals surface area contributed by atoms with Gasteiger partial charge in [-0.2, -0.15) is 0 Å². The predicted molar refractivity (Wildman–Crippen MR) is 91.3 cm³/mol. The third-order valence-corrected chi connectivity index (χ3v) is 5.54. The zero-order valence-corrected chi connectivity index (χ0v) is 15.3. The summed E-state index contributed by atoms with van der Waals surface area (Å²) in [5, 5.41) is 3.20. The van der Waals surface area contributed by atoms with E-state index in [9.17, 15) is 9.59 Å². The quantitative estimate of drug-likeness (QED) is 0.836. The van der Waals surface area contributed by atoms with Gasteiger partial charge in [0.25, 0.3) is 0 Å². The van der Waals surface area contributed by atoms with Crippen LogP contribution >= 0.6 is 11.3 Å². The van der Waals surface area contributed by atoms with Crippen molar-refractivity contribution in [3.8, 4) is 0 Å². The van der Waals surface area contributed by atoms with Gasteiger partial charge in [0.05, 0.1) is 19.3 Å². The summed E-state index contributed by atoms with van der Waals surface area (Å²) in [5.74, 6) is 0.195. The Morgan fingerprint density at radius 2 is 2.04 bits per heavy atom. The number of esters is 1. The molecule has 1 aromatic rings. The Labute approximate surface area is 141 Å². The van der Waals surface area contributed by atoms with Gasteiger partial charge in [-0.1, -0.05) is 20.8 Å². The lowest BCUT2D eigenvalue weighted by Crippen LogP contribution is -2.26. The van der Waals surface area contributed by atoms with Crippen LogP contribution in [-0.2, 0) is 22.3 Å². The summed E-state index contributed by atoms with van der Waals surface area (Å²) in [7, 11) is 1.31. The maximum absolute atomic E-state index is 12.3. The smallest absolute Gasteiger partial charge is 0.411 e. The van der Waals surface area contributed by atoms with Crippen molar-refractivity contribution in [2.24, 2.45) is 11.3 Å². The molecule has 0 fully saturated rings. The molecule has 1 N–H and O–H groups in total. The number of thiophene rings is 1. The van der Waals surface area contributed by atoms with Crippen LogP contribution in [0.4, 0.5) is 9.80 Å². The Morgan fingerprint density at radius 1 is 1.35 bits per heavy atom. The van der Waals surface area contributed by atoms with E-state index in [1.165, 1.54) is 23.3 Å². The van der Waals surface area contributed by atoms with Crippen LogP contribution < -0.4 is 5.32 Å². The molecule has 5 nitrogen and oxygen atoms in total. The van der Waals surface area contributed by atoms with E-state index in [4.69, 9.17) is 4.74 Å². The van der Waals surface area contributed by atoms with Gasteiger partial charge >= 0.3 is 12.1 Å². The third-order valence-electron chi connectivity index (χ3n) is 4.37. The highest BCUT2D eigenvalue weighted by Gasteiger charge is 2.34. The van der Waals surface area contributed by atoms with Gasteiger partial charge in [-0.3, -0.25) is 5.32 Å². The van der Waals surface area contributed by atoms with Crippen LogP contribution in [0.1, 0.15) is 54.9 Å². The molecule has 1 heterocycles. The van der Waals surface area contributed by atoms with Crippen LogP contribution in [0.5, 0.6) is 0 Å². The minimum absolute atomic E-state index is 0.224. The highest BCUT2D eigenvalue weighted by molar-refractivity contribution is 7.17. The average Bonchev–Trinajstić information content (AvgIpc) is 2.83. The predicted octanol–water partition coefficient (Wildman–Crippen LogP) is 4.25. The molecule has 0 saturated carbocycles. The lowest BCUT2D eigenvalue weighted by atomic mass is 9.72. The molecule has 1 amide bonds. The fourth-order valence-electron chi connectivity index (χ4n) is 2.98. The zero-order chi connectivity index (χ0) is 17.2. The van der Waals surface area contributed by atoms with Gasteiger partial charge in [-0.15, -0.1) is 11.3 Å². The van der Waals surface area contributed by atoms with E-state index in [0.29, 0.717) is 23.1 Å². The molecule has 23 heavy (non-hydrogen) atoms. The molecule has 0 saturated heterocycles. The van der Waals surface area contributed by atoms with E-state index in [-0.39, 0.29) is 11.4 Å². The summed E-state index contributed by atoms with van der Waals surface area (Å²) in [5.41, 5.74) is 1.76. The first-order valence-electron chi connectivity index (χ1n) is 7.94. The third kappa shape index (κ3) is 3.86. The molecule has 1 aromatic heterocycles. The second kappa shape index (κ2) is 6.91. The van der Waals surface area contributed by atoms with Crippen molar-refractivity contribution in [3.63, 3.8) is 0 Å². The summed E-state index contributed by atoms with van der Waals surface area (Å²) in [6.07, 6.45) is 2.24. The Morgan fingerprint density at radius 3 is 2.61 bits per heavy atom. The number of fused-ring (bicyclic) bond motifs is 1. The molecule has 0 aliphatic heterocycles. The number of amides is 1. The van der Waals surface area contributed by atoms with E-state index in [1.807, 2.05) is 0 Å². The molecule has 6 heteroatoms. The van der Waals surface area contributed by atoms with Gasteiger partial charge in [0.15, 0.2) is 0 Å². The van der Waals surface area contributed by atoms with Gasteiger partial charge in [0, 0.05) is 4.88 Å². The van der Waals surface area contributed by atoms with Gasteiger partial charge in [-0.05, 0) is 43.1 Å². The Bertz CT molecular complexity index is 600. The average molecular weight is 339 g/mol. The molecule has 0 unspecified atom stereocenters. The second-order valence-electron chi connectivity index (χ2n) is 6.85. The topological polar surface area (TPSA) is 64.6 Å². The van der Waals surface area contributed by atoms with Gasteiger partial charge in [0.1, 0.15) is 5.00 Å². The molecule has 0 aromatic carbocycles. The van der Waals surface area contributed by atoms with E-state index < -0.39 is 6.09 Å². The number of hydrogen-bond acceptors (Lipinski definition) is 5. The SMILES string of the molecule is CCOC(=O)c1c(NC(=O)OC)sc2c1CC[C@@H](C(C)(C)C)C2. The summed E-state index contributed by atoms with van der Waals surface area (Å²) >= 11 is 1.47. The maximum Gasteiger partial charge on any atom is 0.411 e. The number of ether oxygens (including phenoxy) is 2. The lowest BCUT2D eigenvalue weighted by Gasteiger charge is -2.33. The van der Waals surface area contributed by atoms with Crippen molar-refractivity contribution < 1.29 is 19.1 Å². The number of hydrogen-bond donors (Lipinski definition) is 1.